The highest BCUT2D eigenvalue weighted by Gasteiger charge is 2.29. The molecule has 180 valence electrons. The number of sulfonamides is 1. The van der Waals surface area contributed by atoms with Crippen molar-refractivity contribution in [1.29, 1.82) is 0 Å². The summed E-state index contributed by atoms with van der Waals surface area (Å²) in [5.41, 5.74) is 2.71. The molecule has 2 fully saturated rings. The minimum atomic E-state index is -4.24. The summed E-state index contributed by atoms with van der Waals surface area (Å²) >= 11 is 0. The van der Waals surface area contributed by atoms with Gasteiger partial charge in [0.2, 0.25) is 15.8 Å². The van der Waals surface area contributed by atoms with Crippen LogP contribution in [-0.4, -0.2) is 66.2 Å². The fourth-order valence-corrected chi connectivity index (χ4v) is 6.24. The van der Waals surface area contributed by atoms with Gasteiger partial charge in [0.1, 0.15) is 6.67 Å². The number of tetrazole rings is 1. The zero-order valence-electron chi connectivity index (χ0n) is 18.7. The van der Waals surface area contributed by atoms with E-state index in [-0.39, 0.29) is 21.8 Å². The molecule has 2 saturated heterocycles. The van der Waals surface area contributed by atoms with Crippen LogP contribution in [-0.2, 0) is 16.7 Å². The van der Waals surface area contributed by atoms with Crippen LogP contribution in [0.15, 0.2) is 41.3 Å². The Morgan fingerprint density at radius 1 is 1.09 bits per heavy atom. The fourth-order valence-electron chi connectivity index (χ4n) is 5.27. The number of piperidine rings is 1. The maximum atomic E-state index is 13.7. The molecule has 1 atom stereocenters. The number of aromatic nitrogens is 4. The van der Waals surface area contributed by atoms with E-state index in [4.69, 9.17) is 5.14 Å². The van der Waals surface area contributed by atoms with Crippen molar-refractivity contribution in [1.82, 2.24) is 30.8 Å². The number of nitrogens with one attached hydrogen (secondary N) is 2. The van der Waals surface area contributed by atoms with E-state index >= 15 is 0 Å². The third kappa shape index (κ3) is 4.48. The SMILES string of the molecule is NS(=O)(=O)c1c(CF)ccc(-c2ccc(C3CCN(C4CCNC4)CC3)cc2)c1-c1nn[nH]n1. The Kier molecular flexibility index (Phi) is 6.43. The van der Waals surface area contributed by atoms with Gasteiger partial charge in [0.15, 0.2) is 0 Å². The molecule has 1 unspecified atom stereocenters. The smallest absolute Gasteiger partial charge is 0.239 e. The molecule has 0 aliphatic carbocycles. The van der Waals surface area contributed by atoms with Crippen molar-refractivity contribution < 1.29 is 12.8 Å². The van der Waals surface area contributed by atoms with E-state index in [1.165, 1.54) is 18.1 Å². The first kappa shape index (κ1) is 23.0. The van der Waals surface area contributed by atoms with Gasteiger partial charge in [0.05, 0.1) is 10.5 Å². The quantitative estimate of drug-likeness (QED) is 0.488. The standard InChI is InChI=1S/C23H28FN7O2S/c24-13-18-5-6-20(21(22(18)34(25,32)33)23-27-29-30-28-23)17-3-1-15(2-4-17)16-8-11-31(12-9-16)19-7-10-26-14-19/h1-6,16,19,26H,7-14H2,(H2,25,32,33)(H,27,28,29,30). The topological polar surface area (TPSA) is 130 Å². The monoisotopic (exact) mass is 485 g/mol. The Labute approximate surface area is 198 Å². The second-order valence-corrected chi connectivity index (χ2v) is 10.5. The molecule has 2 aromatic carbocycles. The van der Waals surface area contributed by atoms with E-state index in [0.717, 1.165) is 44.6 Å². The molecule has 1 aromatic heterocycles. The first-order valence-corrected chi connectivity index (χ1v) is 13.0. The van der Waals surface area contributed by atoms with E-state index < -0.39 is 16.7 Å². The molecule has 0 bridgehead atoms. The van der Waals surface area contributed by atoms with Crippen LogP contribution < -0.4 is 10.5 Å². The molecule has 2 aliphatic rings. The average Bonchev–Trinajstić information content (AvgIpc) is 3.58. The van der Waals surface area contributed by atoms with Gasteiger partial charge in [0.25, 0.3) is 0 Å². The lowest BCUT2D eigenvalue weighted by Crippen LogP contribution is -2.42. The van der Waals surface area contributed by atoms with Gasteiger partial charge in [-0.3, -0.25) is 4.90 Å². The van der Waals surface area contributed by atoms with Crippen LogP contribution in [0.3, 0.4) is 0 Å². The van der Waals surface area contributed by atoms with Crippen molar-refractivity contribution in [3.63, 3.8) is 0 Å². The van der Waals surface area contributed by atoms with E-state index in [1.54, 1.807) is 6.07 Å². The molecule has 3 heterocycles. The molecule has 4 N–H and O–H groups in total. The molecule has 0 amide bonds. The largest absolute Gasteiger partial charge is 0.315 e. The van der Waals surface area contributed by atoms with Crippen molar-refractivity contribution >= 4 is 10.0 Å². The minimum absolute atomic E-state index is 0.0353. The number of hydrogen-bond donors (Lipinski definition) is 3. The lowest BCUT2D eigenvalue weighted by atomic mass is 9.87. The number of nitrogens with two attached hydrogens (primary N) is 1. The summed E-state index contributed by atoms with van der Waals surface area (Å²) in [6.45, 7) is 3.42. The highest BCUT2D eigenvalue weighted by molar-refractivity contribution is 7.89. The van der Waals surface area contributed by atoms with Gasteiger partial charge in [-0.2, -0.15) is 5.21 Å². The van der Waals surface area contributed by atoms with Gasteiger partial charge >= 0.3 is 0 Å². The van der Waals surface area contributed by atoms with Crippen molar-refractivity contribution in [2.75, 3.05) is 26.2 Å². The lowest BCUT2D eigenvalue weighted by Gasteiger charge is -2.36. The number of likely N-dealkylation sites (tertiary alicyclic amines) is 1. The molecule has 9 nitrogen and oxygen atoms in total. The summed E-state index contributed by atoms with van der Waals surface area (Å²) in [7, 11) is -4.24. The van der Waals surface area contributed by atoms with Crippen molar-refractivity contribution in [2.24, 2.45) is 5.14 Å². The molecule has 3 aromatic rings. The van der Waals surface area contributed by atoms with Gasteiger partial charge in [0, 0.05) is 18.2 Å². The van der Waals surface area contributed by atoms with Gasteiger partial charge in [-0.15, -0.1) is 10.2 Å². The Bertz CT molecular complexity index is 1240. The molecule has 5 rings (SSSR count). The second kappa shape index (κ2) is 9.49. The Morgan fingerprint density at radius 2 is 1.85 bits per heavy atom. The van der Waals surface area contributed by atoms with Gasteiger partial charge in [-0.05, 0) is 66.7 Å². The predicted octanol–water partition coefficient (Wildman–Crippen LogP) is 2.19. The third-order valence-electron chi connectivity index (χ3n) is 7.01. The summed E-state index contributed by atoms with van der Waals surface area (Å²) in [6, 6.07) is 11.9. The van der Waals surface area contributed by atoms with Crippen molar-refractivity contribution in [3.05, 3.63) is 47.5 Å². The van der Waals surface area contributed by atoms with Crippen LogP contribution in [0.25, 0.3) is 22.5 Å². The van der Waals surface area contributed by atoms with Crippen LogP contribution in [0.1, 0.15) is 36.3 Å². The number of rotatable bonds is 6. The lowest BCUT2D eigenvalue weighted by molar-refractivity contribution is 0.161. The molecular weight excluding hydrogens is 457 g/mol. The summed E-state index contributed by atoms with van der Waals surface area (Å²) < 4.78 is 38.5. The van der Waals surface area contributed by atoms with E-state index in [1.807, 2.05) is 12.1 Å². The number of benzene rings is 2. The number of primary sulfonamides is 1. The molecule has 2 aliphatic heterocycles. The maximum Gasteiger partial charge on any atom is 0.239 e. The molecule has 34 heavy (non-hydrogen) atoms. The van der Waals surface area contributed by atoms with Gasteiger partial charge in [-0.25, -0.2) is 17.9 Å². The second-order valence-electron chi connectivity index (χ2n) is 8.97. The van der Waals surface area contributed by atoms with Crippen molar-refractivity contribution in [2.45, 2.75) is 42.8 Å². The Morgan fingerprint density at radius 3 is 2.44 bits per heavy atom. The number of halogens is 1. The van der Waals surface area contributed by atoms with Crippen LogP contribution >= 0.6 is 0 Å². The Balaban J connectivity index is 1.45. The van der Waals surface area contributed by atoms with E-state index in [2.05, 4.69) is 43.0 Å². The molecular formula is C23H28FN7O2S. The Hall–Kier alpha value is -2.73. The highest BCUT2D eigenvalue weighted by Crippen LogP contribution is 2.38. The van der Waals surface area contributed by atoms with Crippen LogP contribution in [0.2, 0.25) is 0 Å². The summed E-state index contributed by atoms with van der Waals surface area (Å²) in [5, 5.41) is 22.7. The average molecular weight is 486 g/mol. The molecule has 0 spiro atoms. The van der Waals surface area contributed by atoms with Gasteiger partial charge in [-0.1, -0.05) is 36.4 Å². The number of aromatic amines is 1. The first-order valence-electron chi connectivity index (χ1n) is 11.5. The number of H-pyrrole nitrogens is 1. The summed E-state index contributed by atoms with van der Waals surface area (Å²) in [5.74, 6) is 0.539. The first-order chi connectivity index (χ1) is 16.5. The fraction of sp³-hybridized carbons (Fsp3) is 0.435. The van der Waals surface area contributed by atoms with Crippen LogP contribution in [0.4, 0.5) is 4.39 Å². The summed E-state index contributed by atoms with van der Waals surface area (Å²) in [4.78, 5) is 2.29. The molecule has 0 saturated carbocycles. The van der Waals surface area contributed by atoms with Crippen LogP contribution in [0.5, 0.6) is 0 Å². The predicted molar refractivity (Wildman–Crippen MR) is 126 cm³/mol. The van der Waals surface area contributed by atoms with Gasteiger partial charge < -0.3 is 5.32 Å². The molecule has 0 radical (unpaired) electrons. The number of nitrogens with zero attached hydrogens (tertiary/aromatic N) is 4. The zero-order chi connectivity index (χ0) is 23.7. The minimum Gasteiger partial charge on any atom is -0.315 e. The molecule has 11 heteroatoms. The van der Waals surface area contributed by atoms with E-state index in [0.29, 0.717) is 17.5 Å². The third-order valence-corrected chi connectivity index (χ3v) is 8.05. The van der Waals surface area contributed by atoms with E-state index in [9.17, 15) is 12.8 Å². The number of hydrogen-bond acceptors (Lipinski definition) is 7. The normalized spacial score (nSPS) is 20.1. The summed E-state index contributed by atoms with van der Waals surface area (Å²) in [6.07, 6.45) is 3.46. The number of alkyl halides is 1. The zero-order valence-corrected chi connectivity index (χ0v) is 19.6. The van der Waals surface area contributed by atoms with Crippen molar-refractivity contribution in [3.8, 4) is 22.5 Å². The van der Waals surface area contributed by atoms with Crippen LogP contribution in [0, 0.1) is 0 Å². The maximum absolute atomic E-state index is 13.7. The highest BCUT2D eigenvalue weighted by atomic mass is 32.2.